The summed E-state index contributed by atoms with van der Waals surface area (Å²) in [4.78, 5) is 45.1. The van der Waals surface area contributed by atoms with E-state index in [0.717, 1.165) is 19.1 Å². The highest BCUT2D eigenvalue weighted by atomic mass is 16.2. The summed E-state index contributed by atoms with van der Waals surface area (Å²) < 4.78 is 0. The van der Waals surface area contributed by atoms with Crippen LogP contribution in [0.25, 0.3) is 0 Å². The molecule has 0 aromatic heterocycles. The van der Waals surface area contributed by atoms with Gasteiger partial charge in [-0.25, -0.2) is 0 Å². The molecule has 124 valence electrons. The zero-order valence-corrected chi connectivity index (χ0v) is 13.0. The van der Waals surface area contributed by atoms with E-state index >= 15 is 0 Å². The van der Waals surface area contributed by atoms with E-state index in [1.807, 2.05) is 11.9 Å². The summed E-state index contributed by atoms with van der Waals surface area (Å²) in [6.07, 6.45) is 6.78. The number of carbonyl (C=O) groups excluding carboxylic acids is 4. The van der Waals surface area contributed by atoms with Gasteiger partial charge in [0.1, 0.15) is 12.6 Å². The lowest BCUT2D eigenvalue weighted by Gasteiger charge is -2.13. The van der Waals surface area contributed by atoms with Gasteiger partial charge in [0.25, 0.3) is 0 Å². The van der Waals surface area contributed by atoms with Crippen LogP contribution in [0, 0.1) is 0 Å². The van der Waals surface area contributed by atoms with Gasteiger partial charge in [0, 0.05) is 25.9 Å². The van der Waals surface area contributed by atoms with Gasteiger partial charge in [0.05, 0.1) is 6.54 Å². The fourth-order valence-corrected chi connectivity index (χ4v) is 1.64. The number of nitrogens with one attached hydrogen (secondary N) is 2. The first-order chi connectivity index (χ1) is 10.6. The number of carbonyl (C=O) groups is 4. The molecule has 22 heavy (non-hydrogen) atoms. The third-order valence-electron chi connectivity index (χ3n) is 2.84. The average Bonchev–Trinajstić information content (AvgIpc) is 2.50. The number of allylic oxidation sites excluding steroid dienone is 1. The van der Waals surface area contributed by atoms with E-state index in [-0.39, 0.29) is 18.4 Å². The van der Waals surface area contributed by atoms with Crippen molar-refractivity contribution in [2.24, 2.45) is 0 Å². The van der Waals surface area contributed by atoms with Crippen LogP contribution in [-0.2, 0) is 19.2 Å². The fraction of sp³-hybridized carbons (Fsp3) is 0.600. The Hall–Kier alpha value is -2.02. The lowest BCUT2D eigenvalue weighted by atomic mass is 10.2. The first-order valence-electron chi connectivity index (χ1n) is 7.36. The van der Waals surface area contributed by atoms with Gasteiger partial charge in [-0.2, -0.15) is 0 Å². The largest absolute Gasteiger partial charge is 0.355 e. The van der Waals surface area contributed by atoms with Crippen LogP contribution in [0.3, 0.4) is 0 Å². The number of rotatable bonds is 13. The summed E-state index contributed by atoms with van der Waals surface area (Å²) >= 11 is 0. The molecule has 0 aliphatic carbocycles. The van der Waals surface area contributed by atoms with Crippen molar-refractivity contribution in [3.8, 4) is 0 Å². The fourth-order valence-electron chi connectivity index (χ4n) is 1.64. The number of hydrogen-bond donors (Lipinski definition) is 2. The molecule has 0 saturated carbocycles. The monoisotopic (exact) mass is 311 g/mol. The Morgan fingerprint density at radius 2 is 1.86 bits per heavy atom. The summed E-state index contributed by atoms with van der Waals surface area (Å²) in [5.74, 6) is -0.421. The number of unbranched alkanes of at least 4 members (excludes halogenated alkanes) is 1. The molecule has 0 heterocycles. The Morgan fingerprint density at radius 1 is 1.09 bits per heavy atom. The van der Waals surface area contributed by atoms with Crippen LogP contribution in [0.1, 0.15) is 25.7 Å². The molecular weight excluding hydrogens is 286 g/mol. The Bertz CT molecular complexity index is 383. The van der Waals surface area contributed by atoms with Crippen molar-refractivity contribution in [2.45, 2.75) is 25.7 Å². The normalized spacial score (nSPS) is 10.6. The standard InChI is InChI=1S/C15H25N3O4/c1-18(9-3-5-12-20)10-6-7-14(21)17-13-15(22)16-8-2-4-11-19/h3,5,11-12H,2,4,6-10,13H2,1H3,(H,16,22)(H,17,21)/b5-3-. The Kier molecular flexibility index (Phi) is 12.7. The molecule has 0 bridgehead atoms. The summed E-state index contributed by atoms with van der Waals surface area (Å²) in [7, 11) is 1.90. The molecule has 2 N–H and O–H groups in total. The van der Waals surface area contributed by atoms with Gasteiger partial charge in [0.2, 0.25) is 11.8 Å². The molecule has 0 atom stereocenters. The van der Waals surface area contributed by atoms with Crippen LogP contribution in [0.4, 0.5) is 0 Å². The Labute approximate surface area is 131 Å². The van der Waals surface area contributed by atoms with Gasteiger partial charge in [-0.05, 0) is 32.5 Å². The molecule has 0 radical (unpaired) electrons. The van der Waals surface area contributed by atoms with Crippen LogP contribution >= 0.6 is 0 Å². The van der Waals surface area contributed by atoms with Gasteiger partial charge in [-0.1, -0.05) is 6.08 Å². The highest BCUT2D eigenvalue weighted by Gasteiger charge is 2.05. The third-order valence-corrected chi connectivity index (χ3v) is 2.84. The highest BCUT2D eigenvalue weighted by molar-refractivity contribution is 5.84. The van der Waals surface area contributed by atoms with E-state index < -0.39 is 0 Å². The molecule has 0 unspecified atom stereocenters. The lowest BCUT2D eigenvalue weighted by Crippen LogP contribution is -2.37. The molecule has 0 aromatic rings. The zero-order chi connectivity index (χ0) is 16.6. The van der Waals surface area contributed by atoms with Crippen LogP contribution in [0.5, 0.6) is 0 Å². The highest BCUT2D eigenvalue weighted by Crippen LogP contribution is 1.93. The van der Waals surface area contributed by atoms with Crippen molar-refractivity contribution in [2.75, 3.05) is 33.2 Å². The lowest BCUT2D eigenvalue weighted by molar-refractivity contribution is -0.126. The molecule has 0 aromatic carbocycles. The Morgan fingerprint density at radius 3 is 2.55 bits per heavy atom. The second-order valence-electron chi connectivity index (χ2n) is 4.87. The average molecular weight is 311 g/mol. The zero-order valence-electron chi connectivity index (χ0n) is 13.0. The molecule has 2 amide bonds. The molecule has 7 nitrogen and oxygen atoms in total. The van der Waals surface area contributed by atoms with E-state index in [0.29, 0.717) is 38.8 Å². The summed E-state index contributed by atoms with van der Waals surface area (Å²) in [5.41, 5.74) is 0. The van der Waals surface area contributed by atoms with Crippen LogP contribution in [0.2, 0.25) is 0 Å². The van der Waals surface area contributed by atoms with Crippen molar-refractivity contribution in [3.05, 3.63) is 12.2 Å². The number of aldehydes is 2. The molecule has 0 rings (SSSR count). The maximum atomic E-state index is 11.5. The maximum Gasteiger partial charge on any atom is 0.239 e. The van der Waals surface area contributed by atoms with Gasteiger partial charge in [-0.15, -0.1) is 0 Å². The summed E-state index contributed by atoms with van der Waals surface area (Å²) in [6.45, 7) is 1.78. The molecular formula is C15H25N3O4. The van der Waals surface area contributed by atoms with Crippen LogP contribution < -0.4 is 10.6 Å². The van der Waals surface area contributed by atoms with Gasteiger partial charge < -0.3 is 20.3 Å². The van der Waals surface area contributed by atoms with Crippen molar-refractivity contribution in [3.63, 3.8) is 0 Å². The van der Waals surface area contributed by atoms with Crippen LogP contribution in [-0.4, -0.2) is 62.5 Å². The van der Waals surface area contributed by atoms with Crippen LogP contribution in [0.15, 0.2) is 12.2 Å². The van der Waals surface area contributed by atoms with Gasteiger partial charge >= 0.3 is 0 Å². The number of hydrogen-bond acceptors (Lipinski definition) is 5. The van der Waals surface area contributed by atoms with Crippen molar-refractivity contribution >= 4 is 24.4 Å². The molecule has 7 heteroatoms. The predicted molar refractivity (Wildman–Crippen MR) is 83.3 cm³/mol. The first kappa shape index (κ1) is 20.0. The van der Waals surface area contributed by atoms with E-state index in [2.05, 4.69) is 10.6 Å². The number of amides is 2. The van der Waals surface area contributed by atoms with Crippen molar-refractivity contribution in [1.29, 1.82) is 0 Å². The van der Waals surface area contributed by atoms with E-state index in [9.17, 15) is 19.2 Å². The quantitative estimate of drug-likeness (QED) is 0.276. The molecule has 0 fully saturated rings. The van der Waals surface area contributed by atoms with E-state index in [1.54, 1.807) is 6.08 Å². The van der Waals surface area contributed by atoms with E-state index in [4.69, 9.17) is 0 Å². The minimum absolute atomic E-state index is 0.0438. The molecule has 0 spiro atoms. The summed E-state index contributed by atoms with van der Waals surface area (Å²) in [6, 6.07) is 0. The third kappa shape index (κ3) is 13.0. The first-order valence-corrected chi connectivity index (χ1v) is 7.36. The van der Waals surface area contributed by atoms with Gasteiger partial charge in [0.15, 0.2) is 0 Å². The smallest absolute Gasteiger partial charge is 0.239 e. The molecule has 0 saturated heterocycles. The topological polar surface area (TPSA) is 95.6 Å². The second-order valence-corrected chi connectivity index (χ2v) is 4.87. The van der Waals surface area contributed by atoms with Crippen molar-refractivity contribution in [1.82, 2.24) is 15.5 Å². The summed E-state index contributed by atoms with van der Waals surface area (Å²) in [5, 5.41) is 5.17. The maximum absolute atomic E-state index is 11.5. The second kappa shape index (κ2) is 13.9. The molecule has 0 aliphatic rings. The number of likely N-dealkylation sites (N-methyl/N-ethyl adjacent to an activating group) is 1. The van der Waals surface area contributed by atoms with Gasteiger partial charge in [-0.3, -0.25) is 14.4 Å². The minimum Gasteiger partial charge on any atom is -0.355 e. The Balaban J connectivity index is 3.60. The minimum atomic E-state index is -0.254. The predicted octanol–water partition coefficient (Wildman–Crippen LogP) is -0.335. The molecule has 0 aliphatic heterocycles. The van der Waals surface area contributed by atoms with Crippen molar-refractivity contribution < 1.29 is 19.2 Å². The number of nitrogens with zero attached hydrogens (tertiary/aromatic N) is 1. The van der Waals surface area contributed by atoms with E-state index in [1.165, 1.54) is 6.08 Å². The SMILES string of the molecule is CN(C/C=C\C=O)CCCC(=O)NCC(=O)NCCCC=O.